The van der Waals surface area contributed by atoms with E-state index < -0.39 is 20.8 Å². The standard InChI is InChI=1S/Al.Na.2H2O4S/c;;2*1-5(2,3)4/h;;2*(H2,1,2,3,4)/q;+1;;/p-4. The SMILES string of the molecule is O=S(=O)([O-])[O-].O=S(=O)([O-])[O-].[Al].[Na+]. The Morgan fingerprint density at radius 2 is 0.667 bits per heavy atom. The first kappa shape index (κ1) is 23.3. The van der Waals surface area contributed by atoms with Crippen LogP contribution < -0.4 is 29.6 Å². The molecule has 0 amide bonds. The molecule has 0 saturated heterocycles. The molecule has 3 radical (unpaired) electrons. The molecule has 0 aromatic carbocycles. The van der Waals surface area contributed by atoms with Gasteiger partial charge in [-0.05, 0) is 0 Å². The summed E-state index contributed by atoms with van der Waals surface area (Å²) < 4.78 is 68.2. The average molecular weight is 242 g/mol. The molecule has 0 aromatic heterocycles. The minimum absolute atomic E-state index is 0. The fourth-order valence-corrected chi connectivity index (χ4v) is 0. The van der Waals surface area contributed by atoms with Crippen molar-refractivity contribution in [3.05, 3.63) is 0 Å². The Balaban J connectivity index is -0.0000000457. The summed E-state index contributed by atoms with van der Waals surface area (Å²) in [6, 6.07) is 0. The van der Waals surface area contributed by atoms with Crippen molar-refractivity contribution in [3.8, 4) is 0 Å². The Morgan fingerprint density at radius 1 is 0.667 bits per heavy atom. The van der Waals surface area contributed by atoms with Crippen molar-refractivity contribution >= 4 is 38.2 Å². The van der Waals surface area contributed by atoms with E-state index in [-0.39, 0.29) is 46.9 Å². The van der Waals surface area contributed by atoms with Gasteiger partial charge in [-0.2, -0.15) is 0 Å². The van der Waals surface area contributed by atoms with Gasteiger partial charge in [-0.1, -0.05) is 0 Å². The summed E-state index contributed by atoms with van der Waals surface area (Å²) in [5.74, 6) is 0. The third-order valence-electron chi connectivity index (χ3n) is 0. The van der Waals surface area contributed by atoms with E-state index in [1.807, 2.05) is 0 Å². The molecule has 0 bridgehead atoms. The Labute approximate surface area is 102 Å². The quantitative estimate of drug-likeness (QED) is 0.230. The first-order valence-corrected chi connectivity index (χ1v) is 4.00. The van der Waals surface area contributed by atoms with Crippen LogP contribution in [0.5, 0.6) is 0 Å². The average Bonchev–Trinajstić information content (AvgIpc) is 1.12. The fourth-order valence-electron chi connectivity index (χ4n) is 0. The molecule has 0 heterocycles. The van der Waals surface area contributed by atoms with Gasteiger partial charge >= 0.3 is 29.6 Å². The van der Waals surface area contributed by atoms with Gasteiger partial charge in [-0.25, -0.2) is 0 Å². The van der Waals surface area contributed by atoms with Crippen LogP contribution in [0.3, 0.4) is 0 Å². The molecule has 0 spiro atoms. The zero-order valence-electron chi connectivity index (χ0n) is 5.66. The van der Waals surface area contributed by atoms with Gasteiger partial charge in [-0.3, -0.25) is 16.8 Å². The minimum atomic E-state index is -5.17. The van der Waals surface area contributed by atoms with E-state index in [1.54, 1.807) is 0 Å². The molecule has 0 atom stereocenters. The van der Waals surface area contributed by atoms with E-state index in [0.717, 1.165) is 0 Å². The molecular weight excluding hydrogens is 242 g/mol. The molecular formula is AlNaO8S2-3. The van der Waals surface area contributed by atoms with E-state index in [9.17, 15) is 0 Å². The van der Waals surface area contributed by atoms with Crippen molar-refractivity contribution in [3.63, 3.8) is 0 Å². The van der Waals surface area contributed by atoms with Gasteiger partial charge in [0, 0.05) is 38.2 Å². The van der Waals surface area contributed by atoms with Gasteiger partial charge < -0.3 is 18.2 Å². The van der Waals surface area contributed by atoms with Crippen LogP contribution in [0, 0.1) is 0 Å². The summed E-state index contributed by atoms with van der Waals surface area (Å²) in [7, 11) is -10.3. The predicted molar refractivity (Wildman–Crippen MR) is 26.7 cm³/mol. The van der Waals surface area contributed by atoms with Crippen molar-refractivity contribution in [2.75, 3.05) is 0 Å². The number of hydrogen-bond donors (Lipinski definition) is 0. The summed E-state index contributed by atoms with van der Waals surface area (Å²) in [5.41, 5.74) is 0. The Bertz CT molecular complexity index is 213. The van der Waals surface area contributed by atoms with E-state index in [1.165, 1.54) is 0 Å². The van der Waals surface area contributed by atoms with Crippen molar-refractivity contribution in [2.24, 2.45) is 0 Å². The number of hydrogen-bond acceptors (Lipinski definition) is 8. The third kappa shape index (κ3) is 735. The van der Waals surface area contributed by atoms with Gasteiger partial charge in [-0.15, -0.1) is 0 Å². The molecule has 12 heavy (non-hydrogen) atoms. The van der Waals surface area contributed by atoms with Crippen LogP contribution in [-0.2, 0) is 20.8 Å². The topological polar surface area (TPSA) is 161 Å². The first-order valence-electron chi connectivity index (χ1n) is 1.33. The number of rotatable bonds is 0. The van der Waals surface area contributed by atoms with Crippen LogP contribution in [-0.4, -0.2) is 52.4 Å². The van der Waals surface area contributed by atoms with Gasteiger partial charge in [0.1, 0.15) is 0 Å². The van der Waals surface area contributed by atoms with Crippen LogP contribution in [0.4, 0.5) is 0 Å². The molecule has 0 aromatic rings. The second-order valence-electron chi connectivity index (χ2n) is 0.816. The normalized spacial score (nSPS) is 9.67. The van der Waals surface area contributed by atoms with Crippen molar-refractivity contribution in [1.29, 1.82) is 0 Å². The van der Waals surface area contributed by atoms with Gasteiger partial charge in [0.05, 0.1) is 0 Å². The molecule has 0 unspecified atom stereocenters. The van der Waals surface area contributed by atoms with Crippen LogP contribution in [0.25, 0.3) is 0 Å². The summed E-state index contributed by atoms with van der Waals surface area (Å²) in [4.78, 5) is 0. The van der Waals surface area contributed by atoms with E-state index in [4.69, 9.17) is 35.0 Å². The maximum atomic E-state index is 8.52. The smallest absolute Gasteiger partial charge is 0.759 e. The third-order valence-corrected chi connectivity index (χ3v) is 0. The van der Waals surface area contributed by atoms with Crippen LogP contribution in [0.1, 0.15) is 0 Å². The zero-order valence-corrected chi connectivity index (χ0v) is 10.4. The maximum absolute atomic E-state index is 8.52. The molecule has 8 nitrogen and oxygen atoms in total. The summed E-state index contributed by atoms with van der Waals surface area (Å²) in [6.07, 6.45) is 0. The Morgan fingerprint density at radius 3 is 0.667 bits per heavy atom. The summed E-state index contributed by atoms with van der Waals surface area (Å²) >= 11 is 0. The van der Waals surface area contributed by atoms with Gasteiger partial charge in [0.2, 0.25) is 0 Å². The monoisotopic (exact) mass is 242 g/mol. The summed E-state index contributed by atoms with van der Waals surface area (Å²) in [6.45, 7) is 0. The van der Waals surface area contributed by atoms with E-state index in [2.05, 4.69) is 0 Å². The van der Waals surface area contributed by atoms with Crippen LogP contribution in [0.2, 0.25) is 0 Å². The Hall–Kier alpha value is 1.27. The molecule has 0 aliphatic carbocycles. The van der Waals surface area contributed by atoms with E-state index >= 15 is 0 Å². The molecule has 67 valence electrons. The molecule has 0 aliphatic heterocycles. The van der Waals surface area contributed by atoms with Crippen LogP contribution in [0.15, 0.2) is 0 Å². The van der Waals surface area contributed by atoms with Crippen molar-refractivity contribution < 1.29 is 64.6 Å². The van der Waals surface area contributed by atoms with Gasteiger partial charge in [0.15, 0.2) is 0 Å². The molecule has 0 saturated carbocycles. The summed E-state index contributed by atoms with van der Waals surface area (Å²) in [5, 5.41) is 0. The van der Waals surface area contributed by atoms with Crippen LogP contribution >= 0.6 is 0 Å². The van der Waals surface area contributed by atoms with Gasteiger partial charge in [0.25, 0.3) is 0 Å². The second-order valence-corrected chi connectivity index (χ2v) is 2.45. The minimum Gasteiger partial charge on any atom is -0.759 e. The fraction of sp³-hybridized carbons (Fsp3) is 0. The molecule has 0 fully saturated rings. The van der Waals surface area contributed by atoms with Crippen molar-refractivity contribution in [1.82, 2.24) is 0 Å². The maximum Gasteiger partial charge on any atom is 1.00 e. The molecule has 0 N–H and O–H groups in total. The molecule has 0 rings (SSSR count). The largest absolute Gasteiger partial charge is 1.00 e. The first-order chi connectivity index (χ1) is 4.00. The molecule has 0 aliphatic rings. The van der Waals surface area contributed by atoms with Crippen molar-refractivity contribution in [2.45, 2.75) is 0 Å². The predicted octanol–water partition coefficient (Wildman–Crippen LogP) is -6.05. The second kappa shape index (κ2) is 8.85. The molecule has 12 heteroatoms. The van der Waals surface area contributed by atoms with E-state index in [0.29, 0.717) is 0 Å². The Kier molecular flexibility index (Phi) is 17.2. The zero-order chi connectivity index (χ0) is 9.00.